The molecule has 7 heteroatoms. The van der Waals surface area contributed by atoms with Gasteiger partial charge in [0.15, 0.2) is 5.82 Å². The third-order valence-corrected chi connectivity index (χ3v) is 4.05. The number of nitrogens with zero attached hydrogens (tertiary/aromatic N) is 4. The van der Waals surface area contributed by atoms with Gasteiger partial charge in [0.25, 0.3) is 0 Å². The summed E-state index contributed by atoms with van der Waals surface area (Å²) in [7, 11) is 0. The lowest BCUT2D eigenvalue weighted by atomic mass is 10.3. The summed E-state index contributed by atoms with van der Waals surface area (Å²) in [5.41, 5.74) is 0.967. The first-order valence-corrected chi connectivity index (χ1v) is 8.35. The molecule has 1 atom stereocenters. The van der Waals surface area contributed by atoms with E-state index in [9.17, 15) is 4.79 Å². The van der Waals surface area contributed by atoms with E-state index in [2.05, 4.69) is 46.5 Å². The van der Waals surface area contributed by atoms with Crippen molar-refractivity contribution in [1.82, 2.24) is 30.3 Å². The van der Waals surface area contributed by atoms with Crippen molar-refractivity contribution in [3.63, 3.8) is 0 Å². The van der Waals surface area contributed by atoms with Crippen molar-refractivity contribution in [2.75, 3.05) is 19.6 Å². The van der Waals surface area contributed by atoms with Crippen LogP contribution in [0, 0.1) is 0 Å². The molecule has 0 aliphatic rings. The van der Waals surface area contributed by atoms with Gasteiger partial charge in [-0.3, -0.25) is 9.47 Å². The lowest BCUT2D eigenvalue weighted by molar-refractivity contribution is 0.214. The molecule has 0 saturated heterocycles. The molecule has 0 spiro atoms. The fraction of sp³-hybridized carbons (Fsp3) is 0.471. The number of para-hydroxylation sites is 1. The monoisotopic (exact) mass is 330 g/mol. The van der Waals surface area contributed by atoms with E-state index in [0.29, 0.717) is 25.0 Å². The zero-order chi connectivity index (χ0) is 17.4. The summed E-state index contributed by atoms with van der Waals surface area (Å²) in [6.07, 6.45) is 1.65. The van der Waals surface area contributed by atoms with Gasteiger partial charge in [-0.05, 0) is 32.1 Å². The number of carbonyl (C=O) groups is 1. The first-order chi connectivity index (χ1) is 11.7. The average molecular weight is 330 g/mol. The molecule has 2 N–H and O–H groups in total. The predicted octanol–water partition coefficient (Wildman–Crippen LogP) is 1.80. The lowest BCUT2D eigenvalue weighted by Gasteiger charge is -2.26. The quantitative estimate of drug-likeness (QED) is 0.774. The minimum atomic E-state index is -0.198. The normalized spacial score (nSPS) is 12.2. The van der Waals surface area contributed by atoms with E-state index in [4.69, 9.17) is 0 Å². The van der Waals surface area contributed by atoms with E-state index in [1.54, 1.807) is 6.33 Å². The Bertz CT molecular complexity index is 623. The third kappa shape index (κ3) is 4.79. The van der Waals surface area contributed by atoms with E-state index in [1.807, 2.05) is 34.9 Å². The summed E-state index contributed by atoms with van der Waals surface area (Å²) in [6, 6.07) is 9.91. The molecule has 0 fully saturated rings. The summed E-state index contributed by atoms with van der Waals surface area (Å²) in [5.74, 6) is 0.688. The smallest absolute Gasteiger partial charge is 0.315 e. The number of nitrogens with one attached hydrogen (secondary N) is 2. The second kappa shape index (κ2) is 9.02. The molecular weight excluding hydrogens is 304 g/mol. The summed E-state index contributed by atoms with van der Waals surface area (Å²) < 4.78 is 1.86. The maximum Gasteiger partial charge on any atom is 0.315 e. The molecule has 24 heavy (non-hydrogen) atoms. The Hall–Kier alpha value is -2.41. The fourth-order valence-corrected chi connectivity index (χ4v) is 2.62. The van der Waals surface area contributed by atoms with Crippen LogP contribution in [0.3, 0.4) is 0 Å². The number of carbonyl (C=O) groups excluding carboxylic acids is 1. The van der Waals surface area contributed by atoms with Crippen LogP contribution in [0.1, 0.15) is 26.6 Å². The van der Waals surface area contributed by atoms with Crippen LogP contribution in [0.2, 0.25) is 0 Å². The molecule has 2 aromatic rings. The maximum absolute atomic E-state index is 12.0. The number of hydrogen-bond donors (Lipinski definition) is 2. The topological polar surface area (TPSA) is 75.1 Å². The first kappa shape index (κ1) is 17.9. The predicted molar refractivity (Wildman–Crippen MR) is 94.0 cm³/mol. The summed E-state index contributed by atoms with van der Waals surface area (Å²) >= 11 is 0. The molecule has 0 aliphatic carbocycles. The van der Waals surface area contributed by atoms with Crippen molar-refractivity contribution in [2.24, 2.45) is 0 Å². The van der Waals surface area contributed by atoms with E-state index >= 15 is 0 Å². The van der Waals surface area contributed by atoms with Crippen LogP contribution >= 0.6 is 0 Å². The molecule has 2 amide bonds. The molecule has 0 unspecified atom stereocenters. The number of likely N-dealkylation sites (N-methyl/N-ethyl adjacent to an activating group) is 1. The summed E-state index contributed by atoms with van der Waals surface area (Å²) in [6.45, 7) is 9.23. The van der Waals surface area contributed by atoms with Crippen molar-refractivity contribution in [2.45, 2.75) is 33.4 Å². The summed E-state index contributed by atoms with van der Waals surface area (Å²) in [4.78, 5) is 14.3. The second-order valence-corrected chi connectivity index (χ2v) is 5.59. The highest BCUT2D eigenvalue weighted by atomic mass is 16.2. The average Bonchev–Trinajstić information content (AvgIpc) is 3.08. The van der Waals surface area contributed by atoms with Gasteiger partial charge < -0.3 is 10.6 Å². The van der Waals surface area contributed by atoms with Gasteiger partial charge in [0.2, 0.25) is 0 Å². The van der Waals surface area contributed by atoms with E-state index in [0.717, 1.165) is 18.8 Å². The highest BCUT2D eigenvalue weighted by Crippen LogP contribution is 2.08. The van der Waals surface area contributed by atoms with Crippen molar-refractivity contribution in [3.8, 4) is 5.69 Å². The minimum absolute atomic E-state index is 0.198. The van der Waals surface area contributed by atoms with Crippen molar-refractivity contribution in [1.29, 1.82) is 0 Å². The van der Waals surface area contributed by atoms with Crippen LogP contribution in [-0.2, 0) is 6.54 Å². The molecule has 0 radical (unpaired) electrons. The molecule has 0 aliphatic heterocycles. The van der Waals surface area contributed by atoms with Gasteiger partial charge in [-0.25, -0.2) is 4.79 Å². The van der Waals surface area contributed by atoms with E-state index in [1.165, 1.54) is 0 Å². The Morgan fingerprint density at radius 2 is 1.92 bits per heavy atom. The first-order valence-electron chi connectivity index (χ1n) is 8.35. The van der Waals surface area contributed by atoms with Crippen LogP contribution < -0.4 is 10.6 Å². The number of aromatic nitrogens is 3. The van der Waals surface area contributed by atoms with Gasteiger partial charge in [-0.15, -0.1) is 10.2 Å². The molecule has 1 aromatic heterocycles. The van der Waals surface area contributed by atoms with Crippen LogP contribution in [0.25, 0.3) is 5.69 Å². The lowest BCUT2D eigenvalue weighted by Crippen LogP contribution is -2.45. The minimum Gasteiger partial charge on any atom is -0.337 e. The maximum atomic E-state index is 12.0. The Kier molecular flexibility index (Phi) is 6.74. The number of benzene rings is 1. The number of urea groups is 1. The zero-order valence-corrected chi connectivity index (χ0v) is 14.6. The molecule has 1 aromatic carbocycles. The zero-order valence-electron chi connectivity index (χ0n) is 14.6. The SMILES string of the molecule is CCN(CC)[C@H](C)CNC(=O)NCc1nncn1-c1ccccc1. The molecule has 0 saturated carbocycles. The Balaban J connectivity index is 1.84. The second-order valence-electron chi connectivity index (χ2n) is 5.59. The highest BCUT2D eigenvalue weighted by Gasteiger charge is 2.12. The largest absolute Gasteiger partial charge is 0.337 e. The fourth-order valence-electron chi connectivity index (χ4n) is 2.62. The Morgan fingerprint density at radius 1 is 1.21 bits per heavy atom. The van der Waals surface area contributed by atoms with Gasteiger partial charge in [0.05, 0.1) is 6.54 Å². The molecular formula is C17H26N6O. The third-order valence-electron chi connectivity index (χ3n) is 4.05. The van der Waals surface area contributed by atoms with Crippen molar-refractivity contribution < 1.29 is 4.79 Å². The van der Waals surface area contributed by atoms with Gasteiger partial charge in [0, 0.05) is 18.3 Å². The molecule has 130 valence electrons. The summed E-state index contributed by atoms with van der Waals surface area (Å²) in [5, 5.41) is 13.7. The Labute approximate surface area is 143 Å². The van der Waals surface area contributed by atoms with Gasteiger partial charge in [0.1, 0.15) is 6.33 Å². The molecule has 2 rings (SSSR count). The number of amides is 2. The van der Waals surface area contributed by atoms with Crippen LogP contribution in [0.4, 0.5) is 4.79 Å². The Morgan fingerprint density at radius 3 is 2.58 bits per heavy atom. The van der Waals surface area contributed by atoms with E-state index in [-0.39, 0.29) is 6.03 Å². The molecule has 1 heterocycles. The highest BCUT2D eigenvalue weighted by molar-refractivity contribution is 5.73. The van der Waals surface area contributed by atoms with E-state index < -0.39 is 0 Å². The number of rotatable bonds is 8. The van der Waals surface area contributed by atoms with Crippen LogP contribution in [0.15, 0.2) is 36.7 Å². The van der Waals surface area contributed by atoms with Crippen LogP contribution in [-0.4, -0.2) is 51.4 Å². The molecule has 7 nitrogen and oxygen atoms in total. The van der Waals surface area contributed by atoms with Gasteiger partial charge in [-0.2, -0.15) is 0 Å². The van der Waals surface area contributed by atoms with Crippen molar-refractivity contribution >= 4 is 6.03 Å². The van der Waals surface area contributed by atoms with Gasteiger partial charge >= 0.3 is 6.03 Å². The van der Waals surface area contributed by atoms with Crippen LogP contribution in [0.5, 0.6) is 0 Å². The number of hydrogen-bond acceptors (Lipinski definition) is 4. The standard InChI is InChI=1S/C17H26N6O/c1-4-22(5-2)14(3)11-18-17(24)19-12-16-21-20-13-23(16)15-9-7-6-8-10-15/h6-10,13-14H,4-5,11-12H2,1-3H3,(H2,18,19,24)/t14-/m1/s1. The van der Waals surface area contributed by atoms with Gasteiger partial charge in [-0.1, -0.05) is 32.0 Å². The molecule has 0 bridgehead atoms. The van der Waals surface area contributed by atoms with Crippen molar-refractivity contribution in [3.05, 3.63) is 42.5 Å².